The fourth-order valence-electron chi connectivity index (χ4n) is 2.99. The summed E-state index contributed by atoms with van der Waals surface area (Å²) in [6.45, 7) is 0. The van der Waals surface area contributed by atoms with Gasteiger partial charge in [-0.3, -0.25) is 9.35 Å². The Kier molecular flexibility index (Phi) is 6.13. The molecule has 6 heteroatoms. The minimum absolute atomic E-state index is 0.164. The summed E-state index contributed by atoms with van der Waals surface area (Å²) < 4.78 is 29.5. The number of benzene rings is 3. The van der Waals surface area contributed by atoms with Crippen molar-refractivity contribution in [3.8, 4) is 5.75 Å². The molecule has 0 aliphatic heterocycles. The average Bonchev–Trinajstić information content (AvgIpc) is 2.69. The molecule has 3 aromatic carbocycles. The van der Waals surface area contributed by atoms with Crippen LogP contribution < -0.4 is 9.46 Å². The molecule has 0 fully saturated rings. The molecular weight excluding hydrogens is 362 g/mol. The van der Waals surface area contributed by atoms with E-state index in [9.17, 15) is 13.6 Å². The molecule has 0 bridgehead atoms. The third-order valence-corrected chi connectivity index (χ3v) is 4.70. The molecule has 0 amide bonds. The highest BCUT2D eigenvalue weighted by atomic mass is 32.2. The van der Waals surface area contributed by atoms with Gasteiger partial charge in [0, 0.05) is 0 Å². The van der Waals surface area contributed by atoms with E-state index in [0.717, 1.165) is 0 Å². The number of carbonyl (C=O) groups excluding carboxylic acids is 1. The van der Waals surface area contributed by atoms with Gasteiger partial charge in [-0.1, -0.05) is 78.9 Å². The van der Waals surface area contributed by atoms with Crippen LogP contribution in [0.25, 0.3) is 0 Å². The van der Waals surface area contributed by atoms with Gasteiger partial charge in [0.2, 0.25) is 11.3 Å². The summed E-state index contributed by atoms with van der Waals surface area (Å²) in [7, 11) is 0. The maximum Gasteiger partial charge on any atom is 0.313 e. The normalized spacial score (nSPS) is 12.3. The highest BCUT2D eigenvalue weighted by Gasteiger charge is 2.39. The number of carbonyl (C=O) groups is 1. The van der Waals surface area contributed by atoms with Gasteiger partial charge in [0.1, 0.15) is 5.75 Å². The van der Waals surface area contributed by atoms with E-state index >= 15 is 0 Å². The minimum Gasteiger partial charge on any atom is -0.426 e. The number of esters is 1. The van der Waals surface area contributed by atoms with Gasteiger partial charge in [-0.25, -0.2) is 4.21 Å². The maximum atomic E-state index is 12.7. The van der Waals surface area contributed by atoms with Gasteiger partial charge in [0.05, 0.1) is 12.0 Å². The van der Waals surface area contributed by atoms with E-state index in [-0.39, 0.29) is 6.42 Å². The Morgan fingerprint density at radius 1 is 0.852 bits per heavy atom. The average molecular weight is 381 g/mol. The molecule has 0 aliphatic rings. The fourth-order valence-corrected chi connectivity index (χ4v) is 3.60. The lowest BCUT2D eigenvalue weighted by atomic mass is 9.81. The molecule has 0 heterocycles. The van der Waals surface area contributed by atoms with Crippen molar-refractivity contribution in [2.24, 2.45) is 0 Å². The quantitative estimate of drug-likeness (QED) is 0.372. The molecule has 1 atom stereocenters. The van der Waals surface area contributed by atoms with Crippen LogP contribution >= 0.6 is 0 Å². The largest absolute Gasteiger partial charge is 0.426 e. The summed E-state index contributed by atoms with van der Waals surface area (Å²) in [5.41, 5.74) is 0.154. The third kappa shape index (κ3) is 4.68. The first-order valence-corrected chi connectivity index (χ1v) is 9.46. The van der Waals surface area contributed by atoms with Crippen LogP contribution in [0.5, 0.6) is 5.75 Å². The second-order valence-corrected chi connectivity index (χ2v) is 6.65. The lowest BCUT2D eigenvalue weighted by Gasteiger charge is -2.33. The van der Waals surface area contributed by atoms with Crippen molar-refractivity contribution in [3.63, 3.8) is 0 Å². The van der Waals surface area contributed by atoms with Crippen LogP contribution in [-0.4, -0.2) is 14.7 Å². The number of nitrogens with one attached hydrogen (secondary N) is 1. The van der Waals surface area contributed by atoms with Gasteiger partial charge in [0.15, 0.2) is 0 Å². The van der Waals surface area contributed by atoms with Crippen molar-refractivity contribution in [2.75, 3.05) is 0 Å². The van der Waals surface area contributed by atoms with E-state index in [2.05, 4.69) is 4.72 Å². The lowest BCUT2D eigenvalue weighted by Crippen LogP contribution is -2.46. The summed E-state index contributed by atoms with van der Waals surface area (Å²) >= 11 is -2.36. The van der Waals surface area contributed by atoms with E-state index in [0.29, 0.717) is 16.9 Å². The molecule has 0 saturated heterocycles. The molecule has 5 nitrogen and oxygen atoms in total. The van der Waals surface area contributed by atoms with Crippen LogP contribution in [0.2, 0.25) is 0 Å². The van der Waals surface area contributed by atoms with E-state index < -0.39 is 22.8 Å². The Morgan fingerprint density at radius 3 is 1.74 bits per heavy atom. The van der Waals surface area contributed by atoms with Crippen LogP contribution in [-0.2, 0) is 21.6 Å². The van der Waals surface area contributed by atoms with E-state index in [1.165, 1.54) is 0 Å². The van der Waals surface area contributed by atoms with Gasteiger partial charge < -0.3 is 4.74 Å². The molecule has 0 radical (unpaired) electrons. The van der Waals surface area contributed by atoms with Crippen molar-refractivity contribution in [2.45, 2.75) is 12.0 Å². The van der Waals surface area contributed by atoms with Gasteiger partial charge in [-0.15, -0.1) is 0 Å². The van der Waals surface area contributed by atoms with Gasteiger partial charge >= 0.3 is 5.97 Å². The zero-order valence-electron chi connectivity index (χ0n) is 14.4. The second-order valence-electron chi connectivity index (χ2n) is 5.95. The molecule has 0 saturated carbocycles. The summed E-state index contributed by atoms with van der Waals surface area (Å²) in [4.78, 5) is 12.7. The third-order valence-electron chi connectivity index (χ3n) is 4.18. The Morgan fingerprint density at radius 2 is 1.30 bits per heavy atom. The molecule has 0 spiro atoms. The highest BCUT2D eigenvalue weighted by Crippen LogP contribution is 2.34. The first-order chi connectivity index (χ1) is 13.1. The number of para-hydroxylation sites is 1. The number of hydrogen-bond acceptors (Lipinski definition) is 3. The molecule has 3 rings (SSSR count). The van der Waals surface area contributed by atoms with Gasteiger partial charge in [-0.05, 0) is 23.3 Å². The van der Waals surface area contributed by atoms with Crippen molar-refractivity contribution >= 4 is 17.2 Å². The van der Waals surface area contributed by atoms with Crippen molar-refractivity contribution in [1.29, 1.82) is 0 Å². The Bertz CT molecular complexity index is 862. The fraction of sp³-hybridized carbons (Fsp3) is 0.0952. The van der Waals surface area contributed by atoms with Crippen molar-refractivity contribution < 1.29 is 18.3 Å². The molecule has 1 unspecified atom stereocenters. The minimum atomic E-state index is -2.36. The van der Waals surface area contributed by atoms with Crippen LogP contribution in [0.1, 0.15) is 17.5 Å². The van der Waals surface area contributed by atoms with E-state index in [4.69, 9.17) is 4.74 Å². The Hall–Kier alpha value is -2.80. The highest BCUT2D eigenvalue weighted by molar-refractivity contribution is 7.77. The SMILES string of the molecule is O=C(CC(NS(=O)O)(c1ccccc1)c1ccccc1)Oc1ccccc1. The van der Waals surface area contributed by atoms with E-state index in [1.807, 2.05) is 66.7 Å². The molecule has 138 valence electrons. The lowest BCUT2D eigenvalue weighted by molar-refractivity contribution is -0.135. The number of hydrogen-bond donors (Lipinski definition) is 2. The predicted molar refractivity (Wildman–Crippen MR) is 104 cm³/mol. The van der Waals surface area contributed by atoms with E-state index in [1.54, 1.807) is 24.3 Å². The molecule has 0 aromatic heterocycles. The molecule has 3 aromatic rings. The smallest absolute Gasteiger partial charge is 0.313 e. The topological polar surface area (TPSA) is 75.6 Å². The number of ether oxygens (including phenoxy) is 1. The summed E-state index contributed by atoms with van der Waals surface area (Å²) in [5.74, 6) is -0.102. The monoisotopic (exact) mass is 381 g/mol. The van der Waals surface area contributed by atoms with Crippen molar-refractivity contribution in [1.82, 2.24) is 4.72 Å². The summed E-state index contributed by atoms with van der Waals surface area (Å²) in [6.07, 6.45) is -0.164. The van der Waals surface area contributed by atoms with Gasteiger partial charge in [-0.2, -0.15) is 4.72 Å². The standard InChI is InChI=1S/C21H19NO4S/c23-20(26-19-14-8-3-9-15-19)16-21(22-27(24)25,17-10-4-1-5-11-17)18-12-6-2-7-13-18/h1-15,22H,16H2,(H,24,25). The zero-order valence-corrected chi connectivity index (χ0v) is 15.3. The first kappa shape index (κ1) is 19.0. The van der Waals surface area contributed by atoms with Crippen LogP contribution in [0.4, 0.5) is 0 Å². The molecule has 2 N–H and O–H groups in total. The Labute approximate surface area is 160 Å². The predicted octanol–water partition coefficient (Wildman–Crippen LogP) is 3.65. The van der Waals surface area contributed by atoms with Crippen LogP contribution in [0, 0.1) is 0 Å². The molecular formula is C21H19NO4S. The molecule has 0 aliphatic carbocycles. The summed E-state index contributed by atoms with van der Waals surface area (Å²) in [6, 6.07) is 26.9. The second kappa shape index (κ2) is 8.73. The van der Waals surface area contributed by atoms with Crippen LogP contribution in [0.3, 0.4) is 0 Å². The zero-order chi connectivity index (χ0) is 19.1. The van der Waals surface area contributed by atoms with Crippen LogP contribution in [0.15, 0.2) is 91.0 Å². The number of rotatable bonds is 7. The maximum absolute atomic E-state index is 12.7. The molecule has 27 heavy (non-hydrogen) atoms. The van der Waals surface area contributed by atoms with Crippen molar-refractivity contribution in [3.05, 3.63) is 102 Å². The first-order valence-electron chi connectivity index (χ1n) is 8.35. The van der Waals surface area contributed by atoms with Gasteiger partial charge in [0.25, 0.3) is 0 Å². The Balaban J connectivity index is 2.03. The summed E-state index contributed by atoms with van der Waals surface area (Å²) in [5, 5.41) is 0.